The number of hydrogen-bond donors (Lipinski definition) is 1. The number of aromatic nitrogens is 1. The van der Waals surface area contributed by atoms with Crippen molar-refractivity contribution in [3.63, 3.8) is 0 Å². The third-order valence-corrected chi connectivity index (χ3v) is 3.97. The maximum absolute atomic E-state index is 12.1. The molecule has 1 aromatic carbocycles. The number of amides is 1. The van der Waals surface area contributed by atoms with E-state index in [0.29, 0.717) is 20.4 Å². The van der Waals surface area contributed by atoms with Crippen LogP contribution in [0.25, 0.3) is 0 Å². The molecule has 0 aliphatic carbocycles. The van der Waals surface area contributed by atoms with E-state index in [-0.39, 0.29) is 28.4 Å². The molecule has 0 atom stereocenters. The minimum absolute atomic E-state index is 0. The van der Waals surface area contributed by atoms with Gasteiger partial charge in [-0.05, 0) is 18.2 Å². The SMILES string of the molecule is CN=c1sc(C(=O)Nc2cccc(Cl)c2)cc(=O)n1C.[Br-]. The Hall–Kier alpha value is -1.44. The van der Waals surface area contributed by atoms with Crippen molar-refractivity contribution in [2.45, 2.75) is 0 Å². The molecular weight excluding hydrogens is 378 g/mol. The van der Waals surface area contributed by atoms with Gasteiger partial charge in [0.15, 0.2) is 4.80 Å². The van der Waals surface area contributed by atoms with Gasteiger partial charge in [0.25, 0.3) is 11.5 Å². The summed E-state index contributed by atoms with van der Waals surface area (Å²) in [5, 5.41) is 3.22. The summed E-state index contributed by atoms with van der Waals surface area (Å²) in [5.41, 5.74) is 0.297. The van der Waals surface area contributed by atoms with Gasteiger partial charge in [0, 0.05) is 30.9 Å². The van der Waals surface area contributed by atoms with Gasteiger partial charge in [0.2, 0.25) is 0 Å². The fourth-order valence-corrected chi connectivity index (χ4v) is 2.57. The Morgan fingerprint density at radius 3 is 2.71 bits per heavy atom. The smallest absolute Gasteiger partial charge is 0.266 e. The lowest BCUT2D eigenvalue weighted by Gasteiger charge is -2.05. The van der Waals surface area contributed by atoms with Gasteiger partial charge >= 0.3 is 0 Å². The first kappa shape index (κ1) is 17.6. The van der Waals surface area contributed by atoms with Gasteiger partial charge in [-0.2, -0.15) is 0 Å². The summed E-state index contributed by atoms with van der Waals surface area (Å²) in [6, 6.07) is 8.10. The summed E-state index contributed by atoms with van der Waals surface area (Å²) in [4.78, 5) is 28.6. The van der Waals surface area contributed by atoms with Crippen molar-refractivity contribution in [2.24, 2.45) is 12.0 Å². The molecule has 21 heavy (non-hydrogen) atoms. The fourth-order valence-electron chi connectivity index (χ4n) is 1.57. The highest BCUT2D eigenvalue weighted by molar-refractivity contribution is 7.11. The van der Waals surface area contributed by atoms with E-state index in [1.807, 2.05) is 0 Å². The van der Waals surface area contributed by atoms with E-state index in [2.05, 4.69) is 10.3 Å². The highest BCUT2D eigenvalue weighted by Gasteiger charge is 2.10. The molecule has 8 heteroatoms. The van der Waals surface area contributed by atoms with E-state index in [9.17, 15) is 9.59 Å². The molecule has 0 bridgehead atoms. The first-order valence-electron chi connectivity index (χ1n) is 5.72. The van der Waals surface area contributed by atoms with E-state index < -0.39 is 0 Å². The third kappa shape index (κ3) is 4.26. The summed E-state index contributed by atoms with van der Waals surface area (Å²) < 4.78 is 1.39. The van der Waals surface area contributed by atoms with Gasteiger partial charge in [-0.25, -0.2) is 0 Å². The van der Waals surface area contributed by atoms with E-state index in [1.54, 1.807) is 38.4 Å². The summed E-state index contributed by atoms with van der Waals surface area (Å²) in [5.74, 6) is -0.361. The average molecular weight is 390 g/mol. The molecule has 0 aliphatic rings. The predicted molar refractivity (Wildman–Crippen MR) is 80.5 cm³/mol. The van der Waals surface area contributed by atoms with Gasteiger partial charge in [0.05, 0.1) is 0 Å². The van der Waals surface area contributed by atoms with Crippen molar-refractivity contribution >= 4 is 34.5 Å². The summed E-state index contributed by atoms with van der Waals surface area (Å²) in [6.07, 6.45) is 0. The highest BCUT2D eigenvalue weighted by Crippen LogP contribution is 2.15. The molecule has 0 saturated carbocycles. The zero-order valence-electron chi connectivity index (χ0n) is 11.3. The van der Waals surface area contributed by atoms with E-state index in [1.165, 1.54) is 10.6 Å². The second-order valence-corrected chi connectivity index (χ2v) is 5.42. The van der Waals surface area contributed by atoms with Crippen LogP contribution in [-0.4, -0.2) is 17.5 Å². The summed E-state index contributed by atoms with van der Waals surface area (Å²) in [6.45, 7) is 0. The number of anilines is 1. The molecule has 2 rings (SSSR count). The molecule has 0 saturated heterocycles. The lowest BCUT2D eigenvalue weighted by Crippen LogP contribution is -3.00. The Morgan fingerprint density at radius 1 is 1.38 bits per heavy atom. The zero-order valence-corrected chi connectivity index (χ0v) is 14.4. The van der Waals surface area contributed by atoms with E-state index in [4.69, 9.17) is 11.6 Å². The van der Waals surface area contributed by atoms with Crippen LogP contribution in [0.3, 0.4) is 0 Å². The lowest BCUT2D eigenvalue weighted by atomic mass is 10.3. The molecule has 112 valence electrons. The second-order valence-electron chi connectivity index (χ2n) is 3.98. The number of carbonyl (C=O) groups excluding carboxylic acids is 1. The molecule has 0 fully saturated rings. The third-order valence-electron chi connectivity index (χ3n) is 2.57. The maximum atomic E-state index is 12.1. The first-order chi connectivity index (χ1) is 9.51. The van der Waals surface area contributed by atoms with Crippen molar-refractivity contribution < 1.29 is 21.8 Å². The van der Waals surface area contributed by atoms with Crippen molar-refractivity contribution in [1.82, 2.24) is 4.57 Å². The van der Waals surface area contributed by atoms with Crippen LogP contribution in [-0.2, 0) is 7.05 Å². The molecule has 1 N–H and O–H groups in total. The molecular formula is C13H12BrClN3O2S-. The topological polar surface area (TPSA) is 63.5 Å². The van der Waals surface area contributed by atoms with Gasteiger partial charge in [-0.15, -0.1) is 0 Å². The Bertz CT molecular complexity index is 785. The minimum Gasteiger partial charge on any atom is -1.00 e. The highest BCUT2D eigenvalue weighted by atomic mass is 79.9. The van der Waals surface area contributed by atoms with Crippen LogP contribution in [0.2, 0.25) is 5.02 Å². The van der Waals surface area contributed by atoms with Crippen molar-refractivity contribution in [1.29, 1.82) is 0 Å². The Balaban J connectivity index is 0.00000220. The summed E-state index contributed by atoms with van der Waals surface area (Å²) in [7, 11) is 3.18. The standard InChI is InChI=1S/C13H12ClN3O2S.BrH/c1-15-13-17(2)11(18)7-10(20-13)12(19)16-9-5-3-4-8(14)6-9;/h3-7H,1-2H3,(H,16,19);1H/p-1. The van der Waals surface area contributed by atoms with Crippen LogP contribution in [0.1, 0.15) is 9.67 Å². The quantitative estimate of drug-likeness (QED) is 0.708. The van der Waals surface area contributed by atoms with Crippen LogP contribution in [0.4, 0.5) is 5.69 Å². The number of carbonyl (C=O) groups is 1. The van der Waals surface area contributed by atoms with Crippen LogP contribution >= 0.6 is 22.9 Å². The van der Waals surface area contributed by atoms with Crippen LogP contribution in [0, 0.1) is 0 Å². The second kappa shape index (κ2) is 7.53. The molecule has 0 spiro atoms. The number of benzene rings is 1. The average Bonchev–Trinajstić information content (AvgIpc) is 2.41. The van der Waals surface area contributed by atoms with Gasteiger partial charge in [0.1, 0.15) is 4.88 Å². The summed E-state index contributed by atoms with van der Waals surface area (Å²) >= 11 is 7.00. The minimum atomic E-state index is -0.361. The lowest BCUT2D eigenvalue weighted by molar-refractivity contribution is -0.0000117. The van der Waals surface area contributed by atoms with Crippen LogP contribution in [0.5, 0.6) is 0 Å². The number of hydrogen-bond acceptors (Lipinski definition) is 4. The molecule has 1 aromatic heterocycles. The van der Waals surface area contributed by atoms with Crippen molar-refractivity contribution in [2.75, 3.05) is 12.4 Å². The fraction of sp³-hybridized carbons (Fsp3) is 0.154. The molecule has 0 aliphatic heterocycles. The van der Waals surface area contributed by atoms with Crippen molar-refractivity contribution in [3.8, 4) is 0 Å². The van der Waals surface area contributed by atoms with E-state index in [0.717, 1.165) is 11.3 Å². The van der Waals surface area contributed by atoms with Gasteiger partial charge < -0.3 is 22.3 Å². The first-order valence-corrected chi connectivity index (χ1v) is 6.91. The van der Waals surface area contributed by atoms with E-state index >= 15 is 0 Å². The maximum Gasteiger partial charge on any atom is 0.266 e. The largest absolute Gasteiger partial charge is 1.00 e. The normalized spacial score (nSPS) is 10.9. The molecule has 0 radical (unpaired) electrons. The van der Waals surface area contributed by atoms with Crippen molar-refractivity contribution in [3.05, 3.63) is 55.4 Å². The molecule has 2 aromatic rings. The number of rotatable bonds is 2. The Kier molecular flexibility index (Phi) is 6.32. The van der Waals surface area contributed by atoms with Crippen LogP contribution < -0.4 is 32.7 Å². The van der Waals surface area contributed by atoms with Crippen LogP contribution in [0.15, 0.2) is 40.1 Å². The number of nitrogens with one attached hydrogen (secondary N) is 1. The molecule has 1 heterocycles. The molecule has 0 unspecified atom stereocenters. The van der Waals surface area contributed by atoms with Gasteiger partial charge in [-0.1, -0.05) is 29.0 Å². The monoisotopic (exact) mass is 388 g/mol. The number of halogens is 2. The number of nitrogens with zero attached hydrogens (tertiary/aromatic N) is 2. The predicted octanol–water partition coefficient (Wildman–Crippen LogP) is -1.11. The van der Waals surface area contributed by atoms with Gasteiger partial charge in [-0.3, -0.25) is 19.1 Å². The molecule has 1 amide bonds. The Labute approximate surface area is 140 Å². The zero-order chi connectivity index (χ0) is 14.7. The Morgan fingerprint density at radius 2 is 2.10 bits per heavy atom. The molecule has 5 nitrogen and oxygen atoms in total.